The molecule has 9 nitrogen and oxygen atoms in total. The first kappa shape index (κ1) is 28.4. The van der Waals surface area contributed by atoms with Gasteiger partial charge in [0.15, 0.2) is 5.54 Å². The Balaban J connectivity index is 1.60. The molecule has 0 aliphatic heterocycles. The molecule has 4 aromatic rings. The van der Waals surface area contributed by atoms with E-state index in [1.54, 1.807) is 23.7 Å². The van der Waals surface area contributed by atoms with Gasteiger partial charge in [-0.05, 0) is 42.0 Å². The Bertz CT molecular complexity index is 1660. The number of halogens is 3. The minimum absolute atomic E-state index is 0.0353. The second-order valence-corrected chi connectivity index (χ2v) is 12.2. The van der Waals surface area contributed by atoms with Crippen LogP contribution < -0.4 is 22.2 Å². The molecule has 1 saturated carbocycles. The van der Waals surface area contributed by atoms with Gasteiger partial charge in [-0.2, -0.15) is 18.4 Å². The lowest BCUT2D eigenvalue weighted by atomic mass is 9.97. The lowest BCUT2D eigenvalue weighted by Crippen LogP contribution is -2.49. The number of rotatable bonds is 8. The van der Waals surface area contributed by atoms with Crippen molar-refractivity contribution in [3.63, 3.8) is 0 Å². The van der Waals surface area contributed by atoms with Gasteiger partial charge < -0.3 is 21.4 Å². The SMILES string of the molecule is CC(C)(C)CNc1ncnc2c(C#N)cc(NC(/C(N)=C/N(N)C3(C(F)(F)F)CC3)c3cccc4ncsc34)cc12. The van der Waals surface area contributed by atoms with Crippen LogP contribution in [0.2, 0.25) is 0 Å². The molecular weight excluding hydrogens is 551 g/mol. The zero-order valence-electron chi connectivity index (χ0n) is 22.8. The number of nitriles is 1. The smallest absolute Gasteiger partial charge is 0.399 e. The van der Waals surface area contributed by atoms with Crippen LogP contribution in [0.15, 0.2) is 54.1 Å². The third-order valence-corrected chi connectivity index (χ3v) is 7.91. The zero-order valence-corrected chi connectivity index (χ0v) is 23.6. The fraction of sp³-hybridized carbons (Fsp3) is 0.357. The molecule has 1 atom stereocenters. The minimum atomic E-state index is -4.50. The number of hydrazine groups is 1. The Morgan fingerprint density at radius 2 is 1.98 bits per heavy atom. The van der Waals surface area contributed by atoms with E-state index in [0.717, 1.165) is 16.4 Å². The highest BCUT2D eigenvalue weighted by Crippen LogP contribution is 2.52. The molecule has 2 aromatic carbocycles. The lowest BCUT2D eigenvalue weighted by Gasteiger charge is -2.30. The van der Waals surface area contributed by atoms with Crippen LogP contribution in [0.25, 0.3) is 21.1 Å². The van der Waals surface area contributed by atoms with E-state index in [4.69, 9.17) is 11.6 Å². The van der Waals surface area contributed by atoms with E-state index in [2.05, 4.69) is 52.4 Å². The van der Waals surface area contributed by atoms with Crippen molar-refractivity contribution in [1.29, 1.82) is 5.26 Å². The Hall–Kier alpha value is -4.15. The van der Waals surface area contributed by atoms with Gasteiger partial charge in [0.1, 0.15) is 18.2 Å². The van der Waals surface area contributed by atoms with Crippen LogP contribution in [0.4, 0.5) is 24.7 Å². The van der Waals surface area contributed by atoms with Gasteiger partial charge in [-0.3, -0.25) is 0 Å². The molecule has 1 fully saturated rings. The number of benzene rings is 2. The molecular formula is C28H30F3N9S. The Morgan fingerprint density at radius 1 is 1.22 bits per heavy atom. The molecule has 0 bridgehead atoms. The number of alkyl halides is 3. The van der Waals surface area contributed by atoms with Gasteiger partial charge in [-0.15, -0.1) is 11.3 Å². The highest BCUT2D eigenvalue weighted by Gasteiger charge is 2.66. The first-order valence-electron chi connectivity index (χ1n) is 12.9. The number of nitrogens with one attached hydrogen (secondary N) is 2. The van der Waals surface area contributed by atoms with Gasteiger partial charge in [0.2, 0.25) is 0 Å². The predicted molar refractivity (Wildman–Crippen MR) is 154 cm³/mol. The summed E-state index contributed by atoms with van der Waals surface area (Å²) in [5.41, 5.74) is 8.83. The molecule has 2 heterocycles. The second-order valence-electron chi connectivity index (χ2n) is 11.4. The van der Waals surface area contributed by atoms with Crippen molar-refractivity contribution in [1.82, 2.24) is 20.0 Å². The Kier molecular flexibility index (Phi) is 7.17. The molecule has 0 amide bonds. The third-order valence-electron chi connectivity index (χ3n) is 7.02. The molecule has 13 heteroatoms. The van der Waals surface area contributed by atoms with E-state index in [-0.39, 0.29) is 24.0 Å². The van der Waals surface area contributed by atoms with E-state index in [9.17, 15) is 18.4 Å². The molecule has 6 N–H and O–H groups in total. The number of aromatic nitrogens is 3. The number of hydrogen-bond acceptors (Lipinski definition) is 10. The van der Waals surface area contributed by atoms with Crippen molar-refractivity contribution in [3.8, 4) is 6.07 Å². The van der Waals surface area contributed by atoms with E-state index in [1.807, 2.05) is 12.1 Å². The maximum Gasteiger partial charge on any atom is 0.413 e. The van der Waals surface area contributed by atoms with Crippen LogP contribution in [0.1, 0.15) is 50.8 Å². The van der Waals surface area contributed by atoms with Gasteiger partial charge in [-0.1, -0.05) is 32.9 Å². The van der Waals surface area contributed by atoms with E-state index < -0.39 is 17.8 Å². The third kappa shape index (κ3) is 5.57. The van der Waals surface area contributed by atoms with Crippen LogP contribution in [0, 0.1) is 16.7 Å². The monoisotopic (exact) mass is 581 g/mol. The van der Waals surface area contributed by atoms with Gasteiger partial charge in [0.25, 0.3) is 0 Å². The van der Waals surface area contributed by atoms with Crippen LogP contribution >= 0.6 is 11.3 Å². The van der Waals surface area contributed by atoms with Crippen molar-refractivity contribution in [2.24, 2.45) is 17.0 Å². The molecule has 0 spiro atoms. The van der Waals surface area contributed by atoms with Crippen LogP contribution in [0.5, 0.6) is 0 Å². The van der Waals surface area contributed by atoms with Gasteiger partial charge >= 0.3 is 6.18 Å². The van der Waals surface area contributed by atoms with Gasteiger partial charge in [0.05, 0.1) is 38.5 Å². The number of thiazole rings is 1. The van der Waals surface area contributed by atoms with Crippen molar-refractivity contribution < 1.29 is 13.2 Å². The largest absolute Gasteiger partial charge is 0.413 e. The first-order valence-corrected chi connectivity index (χ1v) is 13.8. The van der Waals surface area contributed by atoms with Crippen LogP contribution in [-0.2, 0) is 0 Å². The van der Waals surface area contributed by atoms with Crippen LogP contribution in [0.3, 0.4) is 0 Å². The normalized spacial score (nSPS) is 15.9. The topological polar surface area (TPSA) is 142 Å². The summed E-state index contributed by atoms with van der Waals surface area (Å²) in [6.07, 6.45) is -2.18. The minimum Gasteiger partial charge on any atom is -0.399 e. The van der Waals surface area contributed by atoms with Crippen molar-refractivity contribution in [2.75, 3.05) is 17.2 Å². The molecule has 1 aliphatic carbocycles. The summed E-state index contributed by atoms with van der Waals surface area (Å²) in [4.78, 5) is 13.1. The van der Waals surface area contributed by atoms with Crippen molar-refractivity contribution in [2.45, 2.75) is 51.4 Å². The predicted octanol–water partition coefficient (Wildman–Crippen LogP) is 5.79. The summed E-state index contributed by atoms with van der Waals surface area (Å²) in [6.45, 7) is 6.88. The molecule has 0 saturated heterocycles. The highest BCUT2D eigenvalue weighted by molar-refractivity contribution is 7.17. The molecule has 1 unspecified atom stereocenters. The van der Waals surface area contributed by atoms with E-state index in [0.29, 0.717) is 45.1 Å². The second kappa shape index (κ2) is 10.4. The number of nitrogens with two attached hydrogens (primary N) is 2. The fourth-order valence-corrected chi connectivity index (χ4v) is 5.47. The van der Waals surface area contributed by atoms with E-state index >= 15 is 0 Å². The summed E-state index contributed by atoms with van der Waals surface area (Å²) in [5.74, 6) is 6.52. The van der Waals surface area contributed by atoms with Gasteiger partial charge in [0, 0.05) is 23.8 Å². The fourth-order valence-electron chi connectivity index (χ4n) is 4.63. The van der Waals surface area contributed by atoms with E-state index in [1.165, 1.54) is 17.7 Å². The molecule has 214 valence electrons. The summed E-state index contributed by atoms with van der Waals surface area (Å²) in [6, 6.07) is 10.3. The number of hydrogen-bond donors (Lipinski definition) is 4. The molecule has 41 heavy (non-hydrogen) atoms. The first-order chi connectivity index (χ1) is 19.3. The standard InChI is InChI=1S/C28H30F3N9S/c1-26(2,3)13-35-25-19-10-17(9-16(11-32)22(19)36-14-37-25)39-23(18-5-4-6-21-24(18)41-15-38-21)20(33)12-40(34)27(7-8-27)28(29,30)31/h4-6,9-10,12,14-15,23,39H,7-8,13,33-34H2,1-3H3,(H,35,36,37)/b20-12-. The van der Waals surface area contributed by atoms with Crippen molar-refractivity contribution >= 4 is 44.0 Å². The molecule has 5 rings (SSSR count). The maximum absolute atomic E-state index is 13.8. The number of nitrogens with zero attached hydrogens (tertiary/aromatic N) is 5. The quantitative estimate of drug-likeness (QED) is 0.150. The summed E-state index contributed by atoms with van der Waals surface area (Å²) < 4.78 is 42.2. The maximum atomic E-state index is 13.8. The number of fused-ring (bicyclic) bond motifs is 2. The Labute approximate surface area is 239 Å². The average molecular weight is 582 g/mol. The summed E-state index contributed by atoms with van der Waals surface area (Å²) >= 11 is 1.39. The summed E-state index contributed by atoms with van der Waals surface area (Å²) in [7, 11) is 0. The van der Waals surface area contributed by atoms with Crippen molar-refractivity contribution in [3.05, 3.63) is 65.2 Å². The van der Waals surface area contributed by atoms with Gasteiger partial charge in [-0.25, -0.2) is 20.8 Å². The van der Waals surface area contributed by atoms with Crippen LogP contribution in [-0.4, -0.2) is 38.2 Å². The number of anilines is 2. The Morgan fingerprint density at radius 3 is 2.63 bits per heavy atom. The average Bonchev–Trinajstić information content (AvgIpc) is 3.61. The zero-order chi connectivity index (χ0) is 29.6. The highest BCUT2D eigenvalue weighted by atomic mass is 32.1. The molecule has 1 aliphatic rings. The lowest BCUT2D eigenvalue weighted by molar-refractivity contribution is -0.189. The molecule has 0 radical (unpaired) electrons. The molecule has 2 aromatic heterocycles. The summed E-state index contributed by atoms with van der Waals surface area (Å²) in [5, 5.41) is 17.9.